The monoisotopic (exact) mass is 157 g/mol. The van der Waals surface area contributed by atoms with Crippen LogP contribution in [0.15, 0.2) is 0 Å². The maximum absolute atomic E-state index is 10.1. The van der Waals surface area contributed by atoms with Crippen molar-refractivity contribution in [2.24, 2.45) is 5.41 Å². The van der Waals surface area contributed by atoms with E-state index in [0.29, 0.717) is 5.41 Å². The summed E-state index contributed by atoms with van der Waals surface area (Å²) in [4.78, 5) is 9.91. The number of rotatable bonds is 4. The molecule has 0 atom stereocenters. The number of hydrogen-bond acceptors (Lipinski definition) is 2. The maximum Gasteiger partial charge on any atom is 0.204 e. The Labute approximate surface area is 66.9 Å². The summed E-state index contributed by atoms with van der Waals surface area (Å²) in [5, 5.41) is 10.1. The summed E-state index contributed by atoms with van der Waals surface area (Å²) < 4.78 is 0. The molecule has 11 heavy (non-hydrogen) atoms. The Bertz CT molecular complexity index is 147. The van der Waals surface area contributed by atoms with Gasteiger partial charge >= 0.3 is 0 Å². The molecule has 0 spiro atoms. The number of nitrogens with zero attached hydrogens (tertiary/aromatic N) is 1. The summed E-state index contributed by atoms with van der Waals surface area (Å²) >= 11 is 0. The third-order valence-corrected chi connectivity index (χ3v) is 2.99. The van der Waals surface area contributed by atoms with Gasteiger partial charge in [0.25, 0.3) is 0 Å². The largest absolute Gasteiger partial charge is 0.265 e. The molecule has 0 aliphatic heterocycles. The van der Waals surface area contributed by atoms with Gasteiger partial charge in [0.1, 0.15) is 0 Å². The average molecular weight is 157 g/mol. The van der Waals surface area contributed by atoms with E-state index in [1.54, 1.807) is 0 Å². The molecule has 1 aliphatic rings. The van der Waals surface area contributed by atoms with Crippen molar-refractivity contribution in [3.8, 4) is 0 Å². The first-order chi connectivity index (χ1) is 5.18. The Kier molecular flexibility index (Phi) is 2.47. The minimum absolute atomic E-state index is 0.161. The van der Waals surface area contributed by atoms with E-state index in [4.69, 9.17) is 0 Å². The van der Waals surface area contributed by atoms with Crippen LogP contribution in [0.25, 0.3) is 0 Å². The van der Waals surface area contributed by atoms with E-state index in [1.165, 1.54) is 19.3 Å². The molecule has 0 aromatic carbocycles. The van der Waals surface area contributed by atoms with Gasteiger partial charge in [-0.25, -0.2) is 0 Å². The van der Waals surface area contributed by atoms with E-state index in [1.807, 2.05) is 0 Å². The molecule has 1 fully saturated rings. The second kappa shape index (κ2) is 3.20. The fraction of sp³-hybridized carbons (Fsp3) is 1.00. The van der Waals surface area contributed by atoms with Gasteiger partial charge < -0.3 is 0 Å². The van der Waals surface area contributed by atoms with Crippen LogP contribution < -0.4 is 0 Å². The molecule has 0 unspecified atom stereocenters. The summed E-state index contributed by atoms with van der Waals surface area (Å²) in [6.45, 7) is 2.30. The molecule has 0 aromatic heterocycles. The summed E-state index contributed by atoms with van der Waals surface area (Å²) in [6, 6.07) is 0. The van der Waals surface area contributed by atoms with Crippen molar-refractivity contribution in [2.45, 2.75) is 39.0 Å². The first kappa shape index (κ1) is 8.50. The smallest absolute Gasteiger partial charge is 0.204 e. The predicted octanol–water partition coefficient (Wildman–Crippen LogP) is 2.23. The summed E-state index contributed by atoms with van der Waals surface area (Å²) in [5.41, 5.74) is 0.354. The molecule has 64 valence electrons. The quantitative estimate of drug-likeness (QED) is 0.464. The summed E-state index contributed by atoms with van der Waals surface area (Å²) in [6.07, 6.45) is 5.58. The zero-order valence-corrected chi connectivity index (χ0v) is 7.01. The molecule has 0 N–H and O–H groups in total. The molecule has 0 heterocycles. The van der Waals surface area contributed by atoms with Crippen LogP contribution in [0.5, 0.6) is 0 Å². The van der Waals surface area contributed by atoms with Crippen LogP contribution in [0.4, 0.5) is 0 Å². The van der Waals surface area contributed by atoms with Crippen molar-refractivity contribution in [3.63, 3.8) is 0 Å². The third-order valence-electron chi connectivity index (χ3n) is 2.99. The van der Waals surface area contributed by atoms with Crippen LogP contribution in [0.1, 0.15) is 39.0 Å². The summed E-state index contributed by atoms with van der Waals surface area (Å²) in [5.74, 6) is 0. The van der Waals surface area contributed by atoms with Gasteiger partial charge in [-0.2, -0.15) is 0 Å². The Balaban J connectivity index is 2.27. The van der Waals surface area contributed by atoms with E-state index in [2.05, 4.69) is 6.92 Å². The van der Waals surface area contributed by atoms with Crippen LogP contribution >= 0.6 is 0 Å². The Morgan fingerprint density at radius 3 is 2.45 bits per heavy atom. The molecule has 0 saturated heterocycles. The molecule has 3 heteroatoms. The minimum Gasteiger partial charge on any atom is -0.265 e. The van der Waals surface area contributed by atoms with Gasteiger partial charge in [0.15, 0.2) is 0 Å². The fourth-order valence-electron chi connectivity index (χ4n) is 1.79. The average Bonchev–Trinajstić information content (AvgIpc) is 1.86. The standard InChI is InChI=1S/C8H15NO2/c1-2-8(4-3-5-8)6-7-9(10)11/h2-7H2,1H3. The predicted molar refractivity (Wildman–Crippen MR) is 43.1 cm³/mol. The maximum atomic E-state index is 10.1. The van der Waals surface area contributed by atoms with Crippen LogP contribution in [0.2, 0.25) is 0 Å². The van der Waals surface area contributed by atoms with Gasteiger partial charge in [0.2, 0.25) is 6.54 Å². The van der Waals surface area contributed by atoms with Crippen molar-refractivity contribution in [1.82, 2.24) is 0 Å². The molecule has 1 aliphatic carbocycles. The lowest BCUT2D eigenvalue weighted by Crippen LogP contribution is -2.30. The van der Waals surface area contributed by atoms with Crippen LogP contribution in [-0.4, -0.2) is 11.5 Å². The van der Waals surface area contributed by atoms with E-state index in [0.717, 1.165) is 12.8 Å². The lowest BCUT2D eigenvalue weighted by Gasteiger charge is -2.40. The first-order valence-corrected chi connectivity index (χ1v) is 4.30. The molecular weight excluding hydrogens is 142 g/mol. The topological polar surface area (TPSA) is 43.1 Å². The summed E-state index contributed by atoms with van der Waals surface area (Å²) in [7, 11) is 0. The van der Waals surface area contributed by atoms with Crippen LogP contribution in [-0.2, 0) is 0 Å². The molecule has 3 nitrogen and oxygen atoms in total. The molecule has 0 radical (unpaired) electrons. The lowest BCUT2D eigenvalue weighted by molar-refractivity contribution is -0.483. The fourth-order valence-corrected chi connectivity index (χ4v) is 1.79. The van der Waals surface area contributed by atoms with E-state index in [-0.39, 0.29) is 11.5 Å². The molecule has 1 rings (SSSR count). The Morgan fingerprint density at radius 2 is 2.18 bits per heavy atom. The van der Waals surface area contributed by atoms with Gasteiger partial charge in [0.05, 0.1) is 0 Å². The molecule has 0 amide bonds. The second-order valence-electron chi connectivity index (χ2n) is 3.51. The SMILES string of the molecule is CCC1(CC[N+](=O)[O-])CCC1. The van der Waals surface area contributed by atoms with Gasteiger partial charge in [0, 0.05) is 11.3 Å². The van der Waals surface area contributed by atoms with Crippen molar-refractivity contribution in [3.05, 3.63) is 10.1 Å². The highest BCUT2D eigenvalue weighted by molar-refractivity contribution is 4.85. The highest BCUT2D eigenvalue weighted by atomic mass is 16.6. The van der Waals surface area contributed by atoms with Gasteiger partial charge in [-0.3, -0.25) is 10.1 Å². The van der Waals surface area contributed by atoms with Crippen molar-refractivity contribution in [2.75, 3.05) is 6.54 Å². The van der Waals surface area contributed by atoms with Crippen LogP contribution in [0.3, 0.4) is 0 Å². The first-order valence-electron chi connectivity index (χ1n) is 4.30. The second-order valence-corrected chi connectivity index (χ2v) is 3.51. The van der Waals surface area contributed by atoms with Crippen molar-refractivity contribution >= 4 is 0 Å². The van der Waals surface area contributed by atoms with Crippen molar-refractivity contribution in [1.29, 1.82) is 0 Å². The van der Waals surface area contributed by atoms with Gasteiger partial charge in [-0.15, -0.1) is 0 Å². The van der Waals surface area contributed by atoms with Crippen LogP contribution in [0, 0.1) is 15.5 Å². The Morgan fingerprint density at radius 1 is 1.55 bits per heavy atom. The van der Waals surface area contributed by atoms with E-state index in [9.17, 15) is 10.1 Å². The lowest BCUT2D eigenvalue weighted by atomic mass is 9.65. The zero-order valence-electron chi connectivity index (χ0n) is 7.01. The van der Waals surface area contributed by atoms with E-state index < -0.39 is 0 Å². The molecule has 0 aromatic rings. The highest BCUT2D eigenvalue weighted by Gasteiger charge is 2.35. The number of hydrogen-bond donors (Lipinski definition) is 0. The van der Waals surface area contributed by atoms with Gasteiger partial charge in [-0.05, 0) is 18.3 Å². The minimum atomic E-state index is -0.199. The highest BCUT2D eigenvalue weighted by Crippen LogP contribution is 2.46. The molecule has 0 bridgehead atoms. The van der Waals surface area contributed by atoms with Gasteiger partial charge in [-0.1, -0.05) is 19.8 Å². The molecular formula is C8H15NO2. The van der Waals surface area contributed by atoms with E-state index >= 15 is 0 Å². The van der Waals surface area contributed by atoms with Crippen molar-refractivity contribution < 1.29 is 4.92 Å². The number of nitro groups is 1. The normalized spacial score (nSPS) is 20.8. The Hall–Kier alpha value is -0.600. The zero-order chi connectivity index (χ0) is 8.32. The molecule has 1 saturated carbocycles. The third kappa shape index (κ3) is 1.91.